The molecule has 0 heterocycles. The van der Waals surface area contributed by atoms with E-state index >= 15 is 0 Å². The van der Waals surface area contributed by atoms with Gasteiger partial charge in [0, 0.05) is 13.0 Å². The van der Waals surface area contributed by atoms with E-state index in [1.807, 2.05) is 21.1 Å². The molecule has 0 fully saturated rings. The van der Waals surface area contributed by atoms with Crippen molar-refractivity contribution in [2.24, 2.45) is 0 Å². The molecule has 0 spiro atoms. The van der Waals surface area contributed by atoms with Crippen LogP contribution in [-0.2, 0) is 27.9 Å². The van der Waals surface area contributed by atoms with Crippen molar-refractivity contribution < 1.29 is 37.3 Å². The number of phosphoric acid groups is 1. The molecule has 0 radical (unpaired) electrons. The summed E-state index contributed by atoms with van der Waals surface area (Å²) < 4.78 is 35.2. The molecule has 0 bridgehead atoms. The lowest BCUT2D eigenvalue weighted by Crippen LogP contribution is -2.37. The van der Waals surface area contributed by atoms with Gasteiger partial charge in [0.1, 0.15) is 19.3 Å². The minimum absolute atomic E-state index is 0.0775. The second-order valence-electron chi connectivity index (χ2n) is 20.6. The Kier molecular flexibility index (Phi) is 53.2. The van der Waals surface area contributed by atoms with Crippen LogP contribution in [0.4, 0.5) is 0 Å². The highest BCUT2D eigenvalue weighted by molar-refractivity contribution is 7.47. The first-order valence-electron chi connectivity index (χ1n) is 29.6. The first-order valence-corrected chi connectivity index (χ1v) is 31.1. The molecule has 9 heteroatoms. The van der Waals surface area contributed by atoms with Crippen LogP contribution in [0.5, 0.6) is 0 Å². The highest BCUT2D eigenvalue weighted by Gasteiger charge is 2.26. The number of rotatable bonds is 54. The summed E-state index contributed by atoms with van der Waals surface area (Å²) in [4.78, 5) is 23.1. The van der Waals surface area contributed by atoms with Crippen molar-refractivity contribution in [1.82, 2.24) is 0 Å². The summed E-state index contributed by atoms with van der Waals surface area (Å²) in [5.41, 5.74) is 0. The van der Waals surface area contributed by atoms with Crippen LogP contribution in [0.2, 0.25) is 0 Å². The number of hydrogen-bond acceptors (Lipinski definition) is 6. The SMILES string of the molecule is CC/C=C\C/C=C\C/C=C\C/C=C\C/C=C\C/C=C\C/C=C\CCCCCCOCC(COP(=O)(O)OCC[N+](C)(C)C)OC(=O)CCCCCCCCCCCCCCC/C=C\C/C=C\CCCCCCC. The maximum Gasteiger partial charge on any atom is 0.472 e. The minimum atomic E-state index is -4.30. The second kappa shape index (κ2) is 55.4. The topological polar surface area (TPSA) is 91.3 Å². The van der Waals surface area contributed by atoms with Crippen molar-refractivity contribution in [3.05, 3.63) is 109 Å². The summed E-state index contributed by atoms with van der Waals surface area (Å²) in [5.74, 6) is -0.326. The van der Waals surface area contributed by atoms with Crippen LogP contribution in [0, 0.1) is 0 Å². The van der Waals surface area contributed by atoms with Crippen LogP contribution in [0.1, 0.15) is 232 Å². The third-order valence-electron chi connectivity index (χ3n) is 12.3. The molecule has 2 atom stereocenters. The van der Waals surface area contributed by atoms with Crippen LogP contribution >= 0.6 is 7.82 Å². The maximum atomic E-state index is 12.8. The summed E-state index contributed by atoms with van der Waals surface area (Å²) in [6.07, 6.45) is 78.7. The molecule has 0 rings (SSSR count). The van der Waals surface area contributed by atoms with Crippen LogP contribution in [-0.4, -0.2) is 75.6 Å². The Labute approximate surface area is 450 Å². The molecule has 0 aromatic carbocycles. The third-order valence-corrected chi connectivity index (χ3v) is 13.3. The lowest BCUT2D eigenvalue weighted by atomic mass is 10.0. The molecule has 0 aliphatic heterocycles. The molecule has 0 amide bonds. The Morgan fingerprint density at radius 2 is 0.795 bits per heavy atom. The van der Waals surface area contributed by atoms with Gasteiger partial charge in [-0.15, -0.1) is 0 Å². The highest BCUT2D eigenvalue weighted by Crippen LogP contribution is 2.43. The maximum absolute atomic E-state index is 12.8. The molecule has 0 aromatic heterocycles. The lowest BCUT2D eigenvalue weighted by molar-refractivity contribution is -0.870. The van der Waals surface area contributed by atoms with Gasteiger partial charge in [-0.1, -0.05) is 232 Å². The van der Waals surface area contributed by atoms with Gasteiger partial charge in [0.15, 0.2) is 0 Å². The molecular weight excluding hydrogens is 926 g/mol. The molecule has 0 aliphatic rings. The first kappa shape index (κ1) is 70.2. The summed E-state index contributed by atoms with van der Waals surface area (Å²) in [6, 6.07) is 0. The zero-order chi connectivity index (χ0) is 53.3. The molecule has 0 aromatic rings. The van der Waals surface area contributed by atoms with E-state index in [1.54, 1.807) is 0 Å². The van der Waals surface area contributed by atoms with E-state index in [9.17, 15) is 14.3 Å². The molecular formula is C64H113NO7P+. The highest BCUT2D eigenvalue weighted by atomic mass is 31.2. The van der Waals surface area contributed by atoms with Gasteiger partial charge in [0.2, 0.25) is 0 Å². The summed E-state index contributed by atoms with van der Waals surface area (Å²) in [5, 5.41) is 0. The number of nitrogens with zero attached hydrogens (tertiary/aromatic N) is 1. The second-order valence-corrected chi connectivity index (χ2v) is 22.1. The van der Waals surface area contributed by atoms with Crippen LogP contribution in [0.25, 0.3) is 0 Å². The average molecular weight is 1040 g/mol. The number of allylic oxidation sites excluding steroid dienone is 18. The van der Waals surface area contributed by atoms with E-state index in [1.165, 1.54) is 109 Å². The van der Waals surface area contributed by atoms with E-state index in [4.69, 9.17) is 18.5 Å². The monoisotopic (exact) mass is 1040 g/mol. The smallest absolute Gasteiger partial charge is 0.457 e. The fraction of sp³-hybridized carbons (Fsp3) is 0.703. The van der Waals surface area contributed by atoms with Crippen molar-refractivity contribution in [3.63, 3.8) is 0 Å². The summed E-state index contributed by atoms with van der Waals surface area (Å²) in [6.45, 7) is 5.43. The minimum Gasteiger partial charge on any atom is -0.457 e. The molecule has 8 nitrogen and oxygen atoms in total. The molecule has 2 unspecified atom stereocenters. The lowest BCUT2D eigenvalue weighted by Gasteiger charge is -2.24. The number of carbonyl (C=O) groups is 1. The van der Waals surface area contributed by atoms with E-state index in [0.717, 1.165) is 103 Å². The van der Waals surface area contributed by atoms with Gasteiger partial charge in [-0.25, -0.2) is 4.57 Å². The normalized spacial score (nSPS) is 14.2. The molecule has 73 heavy (non-hydrogen) atoms. The average Bonchev–Trinajstić information content (AvgIpc) is 3.35. The predicted octanol–water partition coefficient (Wildman–Crippen LogP) is 19.1. The van der Waals surface area contributed by atoms with Crippen LogP contribution in [0.15, 0.2) is 109 Å². The summed E-state index contributed by atoms with van der Waals surface area (Å²) in [7, 11) is 1.64. The number of ether oxygens (including phenoxy) is 2. The number of esters is 1. The van der Waals surface area contributed by atoms with Gasteiger partial charge in [-0.3, -0.25) is 13.8 Å². The zero-order valence-corrected chi connectivity index (χ0v) is 48.7. The quantitative estimate of drug-likeness (QED) is 0.0213. The van der Waals surface area contributed by atoms with Gasteiger partial charge >= 0.3 is 13.8 Å². The van der Waals surface area contributed by atoms with Crippen LogP contribution < -0.4 is 0 Å². The van der Waals surface area contributed by atoms with Crippen molar-refractivity contribution in [3.8, 4) is 0 Å². The predicted molar refractivity (Wildman–Crippen MR) is 316 cm³/mol. The van der Waals surface area contributed by atoms with E-state index in [-0.39, 0.29) is 25.8 Å². The van der Waals surface area contributed by atoms with Crippen molar-refractivity contribution in [2.75, 3.05) is 54.1 Å². The van der Waals surface area contributed by atoms with Gasteiger partial charge in [-0.2, -0.15) is 0 Å². The van der Waals surface area contributed by atoms with E-state index in [2.05, 4.69) is 123 Å². The zero-order valence-electron chi connectivity index (χ0n) is 47.8. The Morgan fingerprint density at radius 3 is 1.19 bits per heavy atom. The molecule has 0 aliphatic carbocycles. The number of quaternary nitrogens is 1. The largest absolute Gasteiger partial charge is 0.472 e. The third kappa shape index (κ3) is 59.9. The fourth-order valence-electron chi connectivity index (χ4n) is 7.80. The Morgan fingerprint density at radius 1 is 0.438 bits per heavy atom. The van der Waals surface area contributed by atoms with Gasteiger partial charge in [0.05, 0.1) is 34.4 Å². The molecule has 0 saturated heterocycles. The van der Waals surface area contributed by atoms with Crippen LogP contribution in [0.3, 0.4) is 0 Å². The molecule has 420 valence electrons. The Bertz CT molecular complexity index is 1530. The number of carbonyl (C=O) groups excluding carboxylic acids is 1. The number of likely N-dealkylation sites (N-methyl/N-ethyl adjacent to an activating group) is 1. The van der Waals surface area contributed by atoms with E-state index in [0.29, 0.717) is 24.1 Å². The molecule has 1 N–H and O–H groups in total. The molecule has 0 saturated carbocycles. The van der Waals surface area contributed by atoms with Crippen molar-refractivity contribution in [2.45, 2.75) is 238 Å². The Hall–Kier alpha value is -2.84. The van der Waals surface area contributed by atoms with Gasteiger partial charge in [0.25, 0.3) is 0 Å². The van der Waals surface area contributed by atoms with Gasteiger partial charge < -0.3 is 18.9 Å². The fourth-order valence-corrected chi connectivity index (χ4v) is 8.54. The Balaban J connectivity index is 4.16. The first-order chi connectivity index (χ1) is 35.6. The number of phosphoric ester groups is 1. The standard InChI is InChI=1S/C64H112NO7P/c1-6-8-10-12-14-16-18-20-22-24-26-28-30-32-34-36-38-40-42-44-46-48-50-52-54-56-59-69-61-63(62-71-73(67,68)70-60-58-65(3,4)5)72-64(66)57-55-53-51-49-47-45-43-41-39-37-35-33-31-29-27-25-23-21-19-17-15-13-11-9-7-2/h8,10,14,16,19-22,25-28,32,34,38,40,44,46,63H,6-7,9,11-13,15,17-18,23-24,29-31,33,35-37,39,41-43,45,47-62H2,1-5H3/p+1/b10-8-,16-14-,21-19-,22-20-,27-25-,28-26-,34-32-,40-38-,46-44-. The van der Waals surface area contributed by atoms with Gasteiger partial charge in [-0.05, 0) is 103 Å². The number of unbranched alkanes of at least 4 members (excludes halogenated alkanes) is 22. The van der Waals surface area contributed by atoms with Crippen molar-refractivity contribution in [1.29, 1.82) is 0 Å². The summed E-state index contributed by atoms with van der Waals surface area (Å²) >= 11 is 0. The van der Waals surface area contributed by atoms with Crippen molar-refractivity contribution >= 4 is 13.8 Å². The van der Waals surface area contributed by atoms with E-state index < -0.39 is 13.9 Å². The number of hydrogen-bond donors (Lipinski definition) is 1.